The van der Waals surface area contributed by atoms with E-state index >= 15 is 0 Å². The van der Waals surface area contributed by atoms with Gasteiger partial charge in [0.25, 0.3) is 0 Å². The molecule has 0 aliphatic carbocycles. The van der Waals surface area contributed by atoms with Gasteiger partial charge in [0.2, 0.25) is 0 Å². The van der Waals surface area contributed by atoms with Crippen LogP contribution in [0.4, 0.5) is 10.1 Å². The lowest BCUT2D eigenvalue weighted by Crippen LogP contribution is -2.00. The van der Waals surface area contributed by atoms with Crippen LogP contribution in [0, 0.1) is 5.82 Å². The minimum absolute atomic E-state index is 0.266. The van der Waals surface area contributed by atoms with Crippen molar-refractivity contribution in [1.82, 2.24) is 4.98 Å². The van der Waals surface area contributed by atoms with Gasteiger partial charge in [0.1, 0.15) is 0 Å². The van der Waals surface area contributed by atoms with Crippen molar-refractivity contribution in [2.75, 3.05) is 12.4 Å². The first-order valence-corrected chi connectivity index (χ1v) is 6.40. The third-order valence-electron chi connectivity index (χ3n) is 3.27. The monoisotopic (exact) mass is 270 g/mol. The molecule has 2 N–H and O–H groups in total. The molecule has 3 aromatic rings. The lowest BCUT2D eigenvalue weighted by molar-refractivity contribution is 0.386. The van der Waals surface area contributed by atoms with E-state index in [9.17, 15) is 4.39 Å². The van der Waals surface area contributed by atoms with E-state index in [0.717, 1.165) is 22.2 Å². The molecule has 102 valence electrons. The lowest BCUT2D eigenvalue weighted by atomic mass is 10.2. The molecule has 3 rings (SSSR count). The maximum Gasteiger partial charge on any atom is 0.165 e. The number of anilines is 1. The summed E-state index contributed by atoms with van der Waals surface area (Å²) in [5.74, 6) is -0.0737. The fourth-order valence-electron chi connectivity index (χ4n) is 2.19. The van der Waals surface area contributed by atoms with E-state index in [4.69, 9.17) is 4.74 Å². The van der Waals surface area contributed by atoms with Crippen molar-refractivity contribution < 1.29 is 9.13 Å². The number of halogens is 1. The van der Waals surface area contributed by atoms with Crippen molar-refractivity contribution >= 4 is 16.6 Å². The van der Waals surface area contributed by atoms with Crippen molar-refractivity contribution in [2.45, 2.75) is 6.54 Å². The molecule has 0 saturated carbocycles. The number of H-pyrrole nitrogens is 1. The molecule has 0 atom stereocenters. The zero-order chi connectivity index (χ0) is 13.9. The molecule has 20 heavy (non-hydrogen) atoms. The summed E-state index contributed by atoms with van der Waals surface area (Å²) in [4.78, 5) is 3.15. The average molecular weight is 270 g/mol. The number of benzene rings is 2. The van der Waals surface area contributed by atoms with Gasteiger partial charge >= 0.3 is 0 Å². The number of aromatic amines is 1. The van der Waals surface area contributed by atoms with Crippen LogP contribution in [0.3, 0.4) is 0 Å². The summed E-state index contributed by atoms with van der Waals surface area (Å²) < 4.78 is 18.5. The number of nitrogens with one attached hydrogen (secondary N) is 2. The second-order valence-corrected chi connectivity index (χ2v) is 4.60. The number of ether oxygens (including phenoxy) is 1. The molecule has 1 aromatic heterocycles. The molecule has 4 heteroatoms. The molecule has 0 aliphatic rings. The number of hydrogen-bond donors (Lipinski definition) is 2. The van der Waals surface area contributed by atoms with Crippen LogP contribution in [-0.2, 0) is 6.54 Å². The van der Waals surface area contributed by atoms with E-state index in [2.05, 4.69) is 16.4 Å². The second-order valence-electron chi connectivity index (χ2n) is 4.60. The Kier molecular flexibility index (Phi) is 3.29. The van der Waals surface area contributed by atoms with Crippen LogP contribution in [0.15, 0.2) is 48.7 Å². The Balaban J connectivity index is 1.73. The van der Waals surface area contributed by atoms with E-state index in [0.29, 0.717) is 6.54 Å². The summed E-state index contributed by atoms with van der Waals surface area (Å²) in [5.41, 5.74) is 2.98. The van der Waals surface area contributed by atoms with Crippen molar-refractivity contribution in [3.8, 4) is 5.75 Å². The van der Waals surface area contributed by atoms with Crippen molar-refractivity contribution in [3.63, 3.8) is 0 Å². The molecule has 2 aromatic carbocycles. The molecule has 0 radical (unpaired) electrons. The molecule has 1 heterocycles. The summed E-state index contributed by atoms with van der Waals surface area (Å²) in [7, 11) is 1.46. The Hall–Kier alpha value is -2.49. The van der Waals surface area contributed by atoms with Crippen LogP contribution in [0.25, 0.3) is 10.9 Å². The highest BCUT2D eigenvalue weighted by molar-refractivity contribution is 5.82. The molecule has 3 nitrogen and oxygen atoms in total. The number of aromatic nitrogens is 1. The van der Waals surface area contributed by atoms with Gasteiger partial charge in [-0.05, 0) is 42.0 Å². The Labute approximate surface area is 116 Å². The summed E-state index contributed by atoms with van der Waals surface area (Å²) in [5, 5.41) is 4.44. The number of hydrogen-bond acceptors (Lipinski definition) is 2. The Morgan fingerprint density at radius 3 is 2.85 bits per heavy atom. The van der Waals surface area contributed by atoms with Gasteiger partial charge in [-0.1, -0.05) is 6.07 Å². The van der Waals surface area contributed by atoms with Gasteiger partial charge in [-0.15, -0.1) is 0 Å². The largest absolute Gasteiger partial charge is 0.494 e. The van der Waals surface area contributed by atoms with E-state index in [1.165, 1.54) is 13.2 Å². The summed E-state index contributed by atoms with van der Waals surface area (Å²) in [6, 6.07) is 13.1. The van der Waals surface area contributed by atoms with Crippen LogP contribution >= 0.6 is 0 Å². The molecular formula is C16H15FN2O. The van der Waals surface area contributed by atoms with Crippen molar-refractivity contribution in [2.24, 2.45) is 0 Å². The highest BCUT2D eigenvalue weighted by Crippen LogP contribution is 2.20. The third-order valence-corrected chi connectivity index (χ3v) is 3.27. The molecule has 0 aliphatic heterocycles. The topological polar surface area (TPSA) is 37.0 Å². The fourth-order valence-corrected chi connectivity index (χ4v) is 2.19. The molecule has 0 saturated heterocycles. The predicted octanol–water partition coefficient (Wildman–Crippen LogP) is 3.93. The molecular weight excluding hydrogens is 255 g/mol. The van der Waals surface area contributed by atoms with E-state index in [-0.39, 0.29) is 11.6 Å². The SMILES string of the molecule is COc1ccc(CNc2ccc3[nH]ccc3c2)cc1F. The second kappa shape index (κ2) is 5.25. The Bertz CT molecular complexity index is 736. The quantitative estimate of drug-likeness (QED) is 0.753. The third kappa shape index (κ3) is 2.45. The summed E-state index contributed by atoms with van der Waals surface area (Å²) >= 11 is 0. The van der Waals surface area contributed by atoms with E-state index < -0.39 is 0 Å². The maximum absolute atomic E-state index is 13.6. The van der Waals surface area contributed by atoms with Crippen LogP contribution in [0.5, 0.6) is 5.75 Å². The van der Waals surface area contributed by atoms with Crippen LogP contribution in [0.2, 0.25) is 0 Å². The number of rotatable bonds is 4. The number of methoxy groups -OCH3 is 1. The van der Waals surface area contributed by atoms with Gasteiger partial charge in [0, 0.05) is 29.3 Å². The average Bonchev–Trinajstić information content (AvgIpc) is 2.92. The lowest BCUT2D eigenvalue weighted by Gasteiger charge is -2.08. The van der Waals surface area contributed by atoms with E-state index in [1.54, 1.807) is 6.07 Å². The molecule has 0 amide bonds. The summed E-state index contributed by atoms with van der Waals surface area (Å²) in [6.45, 7) is 0.566. The molecule has 0 spiro atoms. The van der Waals surface area contributed by atoms with Crippen molar-refractivity contribution in [3.05, 3.63) is 60.0 Å². The van der Waals surface area contributed by atoms with Gasteiger partial charge in [0.05, 0.1) is 7.11 Å². The van der Waals surface area contributed by atoms with Gasteiger partial charge in [0.15, 0.2) is 11.6 Å². The minimum atomic E-state index is -0.340. The van der Waals surface area contributed by atoms with Crippen LogP contribution in [0.1, 0.15) is 5.56 Å². The first kappa shape index (κ1) is 12.5. The first-order valence-electron chi connectivity index (χ1n) is 6.40. The Morgan fingerprint density at radius 1 is 1.15 bits per heavy atom. The molecule has 0 unspecified atom stereocenters. The smallest absolute Gasteiger partial charge is 0.165 e. The standard InChI is InChI=1S/C16H15FN2O/c1-20-16-5-2-11(8-14(16)17)10-19-13-3-4-15-12(9-13)6-7-18-15/h2-9,18-19H,10H2,1H3. The summed E-state index contributed by atoms with van der Waals surface area (Å²) in [6.07, 6.45) is 1.91. The van der Waals surface area contributed by atoms with Crippen LogP contribution < -0.4 is 10.1 Å². The van der Waals surface area contributed by atoms with Gasteiger partial charge in [-0.25, -0.2) is 4.39 Å². The predicted molar refractivity (Wildman–Crippen MR) is 78.6 cm³/mol. The number of fused-ring (bicyclic) bond motifs is 1. The van der Waals surface area contributed by atoms with Gasteiger partial charge < -0.3 is 15.0 Å². The maximum atomic E-state index is 13.6. The Morgan fingerprint density at radius 2 is 2.05 bits per heavy atom. The van der Waals surface area contributed by atoms with Crippen LogP contribution in [-0.4, -0.2) is 12.1 Å². The van der Waals surface area contributed by atoms with E-state index in [1.807, 2.05) is 30.5 Å². The zero-order valence-corrected chi connectivity index (χ0v) is 11.1. The minimum Gasteiger partial charge on any atom is -0.494 e. The zero-order valence-electron chi connectivity index (χ0n) is 11.1. The molecule has 0 bridgehead atoms. The van der Waals surface area contributed by atoms with Gasteiger partial charge in [-0.3, -0.25) is 0 Å². The normalized spacial score (nSPS) is 10.7. The van der Waals surface area contributed by atoms with Gasteiger partial charge in [-0.2, -0.15) is 0 Å². The fraction of sp³-hybridized carbons (Fsp3) is 0.125. The first-order chi connectivity index (χ1) is 9.76. The highest BCUT2D eigenvalue weighted by atomic mass is 19.1. The van der Waals surface area contributed by atoms with Crippen molar-refractivity contribution in [1.29, 1.82) is 0 Å². The molecule has 0 fully saturated rings. The highest BCUT2D eigenvalue weighted by Gasteiger charge is 2.03.